The van der Waals surface area contributed by atoms with Gasteiger partial charge in [-0.3, -0.25) is 4.79 Å². The average Bonchev–Trinajstić information content (AvgIpc) is 3.22. The summed E-state index contributed by atoms with van der Waals surface area (Å²) in [4.78, 5) is 13.3. The standard InChI is InChI=1S/C20H19ClN2O4S2/c1-22-29(25,26)19-11-10-16(28-19)12-23-20(24)17-4-2-3-5-18(17)27-13-14-6-8-15(21)9-7-14/h2-11,22H,12-13H2,1H3,(H,23,24). The lowest BCUT2D eigenvalue weighted by Crippen LogP contribution is -2.23. The number of hydrogen-bond donors (Lipinski definition) is 2. The highest BCUT2D eigenvalue weighted by Gasteiger charge is 2.16. The van der Waals surface area contributed by atoms with Crippen LogP contribution in [0, 0.1) is 0 Å². The Morgan fingerprint density at radius 2 is 1.79 bits per heavy atom. The molecule has 0 spiro atoms. The molecule has 0 unspecified atom stereocenters. The van der Waals surface area contributed by atoms with Crippen molar-refractivity contribution in [2.24, 2.45) is 0 Å². The minimum absolute atomic E-state index is 0.205. The molecule has 152 valence electrons. The molecule has 9 heteroatoms. The molecular formula is C20H19ClN2O4S2. The highest BCUT2D eigenvalue weighted by Crippen LogP contribution is 2.23. The van der Waals surface area contributed by atoms with E-state index in [1.165, 1.54) is 13.1 Å². The number of para-hydroxylation sites is 1. The fourth-order valence-corrected chi connectivity index (χ4v) is 4.74. The maximum Gasteiger partial charge on any atom is 0.255 e. The Balaban J connectivity index is 1.64. The number of carbonyl (C=O) groups excluding carboxylic acids is 1. The molecule has 0 saturated carbocycles. The van der Waals surface area contributed by atoms with Gasteiger partial charge in [0, 0.05) is 9.90 Å². The second-order valence-corrected chi connectivity index (χ2v) is 9.74. The van der Waals surface area contributed by atoms with Gasteiger partial charge in [0.15, 0.2) is 0 Å². The van der Waals surface area contributed by atoms with Crippen LogP contribution in [0.5, 0.6) is 5.75 Å². The molecule has 0 radical (unpaired) electrons. The summed E-state index contributed by atoms with van der Waals surface area (Å²) in [6, 6.07) is 17.4. The van der Waals surface area contributed by atoms with Gasteiger partial charge in [-0.25, -0.2) is 13.1 Å². The second kappa shape index (κ2) is 9.41. The van der Waals surface area contributed by atoms with E-state index in [-0.39, 0.29) is 16.7 Å². The summed E-state index contributed by atoms with van der Waals surface area (Å²) in [5.74, 6) is 0.160. The molecule has 0 aliphatic carbocycles. The van der Waals surface area contributed by atoms with Gasteiger partial charge in [-0.2, -0.15) is 0 Å². The molecule has 6 nitrogen and oxygen atoms in total. The van der Waals surface area contributed by atoms with Crippen LogP contribution in [0.15, 0.2) is 64.9 Å². The highest BCUT2D eigenvalue weighted by molar-refractivity contribution is 7.91. The van der Waals surface area contributed by atoms with Gasteiger partial charge in [0.2, 0.25) is 10.0 Å². The summed E-state index contributed by atoms with van der Waals surface area (Å²) < 4.78 is 31.9. The lowest BCUT2D eigenvalue weighted by atomic mass is 10.2. The molecule has 1 heterocycles. The van der Waals surface area contributed by atoms with E-state index >= 15 is 0 Å². The van der Waals surface area contributed by atoms with Crippen LogP contribution in [-0.2, 0) is 23.2 Å². The Morgan fingerprint density at radius 1 is 1.07 bits per heavy atom. The maximum atomic E-state index is 12.6. The molecule has 2 N–H and O–H groups in total. The largest absolute Gasteiger partial charge is 0.488 e. The first-order chi connectivity index (χ1) is 13.9. The normalized spacial score (nSPS) is 11.2. The third-order valence-electron chi connectivity index (χ3n) is 4.03. The van der Waals surface area contributed by atoms with Crippen molar-refractivity contribution >= 4 is 38.9 Å². The molecule has 2 aromatic carbocycles. The van der Waals surface area contributed by atoms with E-state index < -0.39 is 10.0 Å². The van der Waals surface area contributed by atoms with Gasteiger partial charge in [0.05, 0.1) is 12.1 Å². The Labute approximate surface area is 178 Å². The van der Waals surface area contributed by atoms with Crippen LogP contribution < -0.4 is 14.8 Å². The topological polar surface area (TPSA) is 84.5 Å². The minimum atomic E-state index is -3.48. The number of halogens is 1. The van der Waals surface area contributed by atoms with Crippen molar-refractivity contribution in [2.75, 3.05) is 7.05 Å². The number of hydrogen-bond acceptors (Lipinski definition) is 5. The van der Waals surface area contributed by atoms with Gasteiger partial charge < -0.3 is 10.1 Å². The first kappa shape index (κ1) is 21.3. The van der Waals surface area contributed by atoms with Gasteiger partial charge in [0.25, 0.3) is 5.91 Å². The Morgan fingerprint density at radius 3 is 2.52 bits per heavy atom. The molecule has 0 aliphatic rings. The molecule has 3 aromatic rings. The van der Waals surface area contributed by atoms with Crippen LogP contribution in [0.3, 0.4) is 0 Å². The number of thiophene rings is 1. The third kappa shape index (κ3) is 5.57. The summed E-state index contributed by atoms with van der Waals surface area (Å²) in [5.41, 5.74) is 1.34. The summed E-state index contributed by atoms with van der Waals surface area (Å²) in [5, 5.41) is 3.45. The number of amides is 1. The molecule has 29 heavy (non-hydrogen) atoms. The Bertz CT molecular complexity index is 1100. The molecule has 0 fully saturated rings. The van der Waals surface area contributed by atoms with Crippen LogP contribution in [0.2, 0.25) is 5.02 Å². The lowest BCUT2D eigenvalue weighted by Gasteiger charge is -2.11. The SMILES string of the molecule is CNS(=O)(=O)c1ccc(CNC(=O)c2ccccc2OCc2ccc(Cl)cc2)s1. The highest BCUT2D eigenvalue weighted by atomic mass is 35.5. The molecule has 0 aliphatic heterocycles. The fourth-order valence-electron chi connectivity index (χ4n) is 2.48. The van der Waals surface area contributed by atoms with E-state index in [1.54, 1.807) is 42.5 Å². The van der Waals surface area contributed by atoms with Gasteiger partial charge in [0.1, 0.15) is 16.6 Å². The van der Waals surface area contributed by atoms with Gasteiger partial charge in [-0.05, 0) is 49.0 Å². The molecular weight excluding hydrogens is 432 g/mol. The predicted molar refractivity (Wildman–Crippen MR) is 114 cm³/mol. The first-order valence-corrected chi connectivity index (χ1v) is 11.3. The van der Waals surface area contributed by atoms with Gasteiger partial charge in [-0.15, -0.1) is 11.3 Å². The molecule has 0 atom stereocenters. The van der Waals surface area contributed by atoms with Crippen molar-refractivity contribution in [1.29, 1.82) is 0 Å². The zero-order chi connectivity index (χ0) is 20.9. The number of benzene rings is 2. The second-order valence-electron chi connectivity index (χ2n) is 6.02. The summed E-state index contributed by atoms with van der Waals surface area (Å²) in [7, 11) is -2.13. The van der Waals surface area contributed by atoms with E-state index in [4.69, 9.17) is 16.3 Å². The number of rotatable bonds is 8. The number of nitrogens with one attached hydrogen (secondary N) is 2. The molecule has 3 rings (SSSR count). The summed E-state index contributed by atoms with van der Waals surface area (Å²) in [6.07, 6.45) is 0. The first-order valence-electron chi connectivity index (χ1n) is 8.66. The number of ether oxygens (including phenoxy) is 1. The van der Waals surface area contributed by atoms with Crippen LogP contribution in [-0.4, -0.2) is 21.4 Å². The third-order valence-corrected chi connectivity index (χ3v) is 7.28. The maximum absolute atomic E-state index is 12.6. The summed E-state index contributed by atoms with van der Waals surface area (Å²) >= 11 is 6.99. The minimum Gasteiger partial charge on any atom is -0.488 e. The zero-order valence-corrected chi connectivity index (χ0v) is 17.9. The van der Waals surface area contributed by atoms with Crippen molar-refractivity contribution in [2.45, 2.75) is 17.4 Å². The Hall–Kier alpha value is -2.39. The van der Waals surface area contributed by atoms with Gasteiger partial charge in [-0.1, -0.05) is 35.9 Å². The predicted octanol–water partition coefficient (Wildman–Crippen LogP) is 3.82. The van der Waals surface area contributed by atoms with Crippen molar-refractivity contribution in [1.82, 2.24) is 10.0 Å². The molecule has 1 amide bonds. The fraction of sp³-hybridized carbons (Fsp3) is 0.150. The number of sulfonamides is 1. The lowest BCUT2D eigenvalue weighted by molar-refractivity contribution is 0.0946. The van der Waals surface area contributed by atoms with Crippen molar-refractivity contribution in [3.8, 4) is 5.75 Å². The van der Waals surface area contributed by atoms with E-state index in [0.717, 1.165) is 21.8 Å². The van der Waals surface area contributed by atoms with Gasteiger partial charge >= 0.3 is 0 Å². The van der Waals surface area contributed by atoms with Crippen LogP contribution in [0.1, 0.15) is 20.8 Å². The molecule has 0 saturated heterocycles. The van der Waals surface area contributed by atoms with E-state index in [0.29, 0.717) is 22.9 Å². The van der Waals surface area contributed by atoms with Crippen molar-refractivity contribution < 1.29 is 17.9 Å². The summed E-state index contributed by atoms with van der Waals surface area (Å²) in [6.45, 7) is 0.520. The van der Waals surface area contributed by atoms with E-state index in [1.807, 2.05) is 12.1 Å². The smallest absolute Gasteiger partial charge is 0.255 e. The zero-order valence-electron chi connectivity index (χ0n) is 15.5. The van der Waals surface area contributed by atoms with Crippen LogP contribution in [0.4, 0.5) is 0 Å². The monoisotopic (exact) mass is 450 g/mol. The number of carbonyl (C=O) groups is 1. The van der Waals surface area contributed by atoms with Crippen molar-refractivity contribution in [3.63, 3.8) is 0 Å². The van der Waals surface area contributed by atoms with Crippen molar-refractivity contribution in [3.05, 3.63) is 81.7 Å². The quantitative estimate of drug-likeness (QED) is 0.546. The average molecular weight is 451 g/mol. The molecule has 1 aromatic heterocycles. The van der Waals surface area contributed by atoms with E-state index in [2.05, 4.69) is 10.0 Å². The molecule has 0 bridgehead atoms. The van der Waals surface area contributed by atoms with Crippen LogP contribution >= 0.6 is 22.9 Å². The Kier molecular flexibility index (Phi) is 6.92. The van der Waals surface area contributed by atoms with Crippen LogP contribution in [0.25, 0.3) is 0 Å². The van der Waals surface area contributed by atoms with E-state index in [9.17, 15) is 13.2 Å².